The highest BCUT2D eigenvalue weighted by atomic mass is 16.2. The van der Waals surface area contributed by atoms with E-state index >= 15 is 0 Å². The van der Waals surface area contributed by atoms with Crippen molar-refractivity contribution in [3.8, 4) is 0 Å². The third-order valence-corrected chi connectivity index (χ3v) is 3.39. The summed E-state index contributed by atoms with van der Waals surface area (Å²) in [5.41, 5.74) is 2.74. The van der Waals surface area contributed by atoms with Crippen molar-refractivity contribution >= 4 is 11.6 Å². The molecule has 0 spiro atoms. The Kier molecular flexibility index (Phi) is 3.05. The Morgan fingerprint density at radius 3 is 3.00 bits per heavy atom. The number of hydrogen-bond acceptors (Lipinski definition) is 3. The molecule has 1 aliphatic heterocycles. The van der Waals surface area contributed by atoms with Gasteiger partial charge in [0.1, 0.15) is 5.69 Å². The third-order valence-electron chi connectivity index (χ3n) is 3.39. The van der Waals surface area contributed by atoms with Crippen LogP contribution in [0.25, 0.3) is 0 Å². The topological polar surface area (TPSA) is 50.2 Å². The van der Waals surface area contributed by atoms with Crippen LogP contribution < -0.4 is 10.2 Å². The van der Waals surface area contributed by atoms with Crippen LogP contribution in [0.3, 0.4) is 0 Å². The van der Waals surface area contributed by atoms with Gasteiger partial charge < -0.3 is 14.8 Å². The van der Waals surface area contributed by atoms with E-state index in [9.17, 15) is 4.79 Å². The van der Waals surface area contributed by atoms with E-state index in [1.54, 1.807) is 17.1 Å². The molecule has 19 heavy (non-hydrogen) atoms. The van der Waals surface area contributed by atoms with Gasteiger partial charge in [-0.3, -0.25) is 4.79 Å². The van der Waals surface area contributed by atoms with Crippen molar-refractivity contribution in [3.05, 3.63) is 48.0 Å². The number of anilines is 1. The fourth-order valence-corrected chi connectivity index (χ4v) is 2.37. The highest BCUT2D eigenvalue weighted by Crippen LogP contribution is 2.23. The molecule has 1 aromatic heterocycles. The Hall–Kier alpha value is -2.14. The van der Waals surface area contributed by atoms with Crippen LogP contribution in [0, 0.1) is 0 Å². The molecule has 1 amide bonds. The molecule has 5 nitrogen and oxygen atoms in total. The fourth-order valence-electron chi connectivity index (χ4n) is 2.37. The van der Waals surface area contributed by atoms with Crippen molar-refractivity contribution in [3.63, 3.8) is 0 Å². The lowest BCUT2D eigenvalue weighted by molar-refractivity contribution is 0.0980. The Balaban J connectivity index is 2.01. The number of carbonyl (C=O) groups is 1. The monoisotopic (exact) mass is 256 g/mol. The second kappa shape index (κ2) is 4.85. The number of para-hydroxylation sites is 1. The minimum absolute atomic E-state index is 0.00356. The molecule has 0 atom stereocenters. The maximum atomic E-state index is 12.6. The summed E-state index contributed by atoms with van der Waals surface area (Å²) in [5, 5.41) is 3.33. The van der Waals surface area contributed by atoms with Gasteiger partial charge >= 0.3 is 0 Å². The molecule has 1 N–H and O–H groups in total. The van der Waals surface area contributed by atoms with Gasteiger partial charge in [0.05, 0.1) is 12.5 Å². The van der Waals surface area contributed by atoms with Crippen molar-refractivity contribution < 1.29 is 4.79 Å². The summed E-state index contributed by atoms with van der Waals surface area (Å²) < 4.78 is 1.75. The molecule has 0 fully saturated rings. The standard InChI is InChI=1S/C14H16N4O/c1-17-10-16-9-13(17)14(19)18-7-6-15-8-11-4-2-3-5-12(11)18/h2-5,9-10,15H,6-8H2,1H3. The van der Waals surface area contributed by atoms with Crippen molar-refractivity contribution in [2.75, 3.05) is 18.0 Å². The van der Waals surface area contributed by atoms with Crippen molar-refractivity contribution in [1.29, 1.82) is 0 Å². The van der Waals surface area contributed by atoms with E-state index < -0.39 is 0 Å². The second-order valence-corrected chi connectivity index (χ2v) is 4.65. The van der Waals surface area contributed by atoms with Crippen LogP contribution in [0.2, 0.25) is 0 Å². The number of aromatic nitrogens is 2. The molecule has 5 heteroatoms. The molecule has 0 unspecified atom stereocenters. The van der Waals surface area contributed by atoms with Crippen LogP contribution in [0.1, 0.15) is 16.1 Å². The molecule has 1 aromatic carbocycles. The minimum Gasteiger partial charge on any atom is -0.330 e. The summed E-state index contributed by atoms with van der Waals surface area (Å²) in [5.74, 6) is -0.00356. The zero-order valence-corrected chi connectivity index (χ0v) is 10.8. The lowest BCUT2D eigenvalue weighted by atomic mass is 10.1. The van der Waals surface area contributed by atoms with E-state index in [2.05, 4.69) is 16.4 Å². The van der Waals surface area contributed by atoms with E-state index in [4.69, 9.17) is 0 Å². The van der Waals surface area contributed by atoms with E-state index in [1.165, 1.54) is 0 Å². The van der Waals surface area contributed by atoms with Crippen molar-refractivity contribution in [1.82, 2.24) is 14.9 Å². The lowest BCUT2D eigenvalue weighted by Gasteiger charge is -2.22. The average Bonchev–Trinajstić information content (AvgIpc) is 2.74. The maximum absolute atomic E-state index is 12.6. The Morgan fingerprint density at radius 1 is 1.37 bits per heavy atom. The fraction of sp³-hybridized carbons (Fsp3) is 0.286. The number of hydrogen-bond donors (Lipinski definition) is 1. The third kappa shape index (κ3) is 2.13. The van der Waals surface area contributed by atoms with Crippen LogP contribution in [0.5, 0.6) is 0 Å². The predicted molar refractivity (Wildman–Crippen MR) is 73.0 cm³/mol. The maximum Gasteiger partial charge on any atom is 0.276 e. The van der Waals surface area contributed by atoms with Gasteiger partial charge in [-0.15, -0.1) is 0 Å². The highest BCUT2D eigenvalue weighted by molar-refractivity contribution is 6.05. The van der Waals surface area contributed by atoms with Gasteiger partial charge in [0.2, 0.25) is 0 Å². The van der Waals surface area contributed by atoms with Gasteiger partial charge in [-0.05, 0) is 11.6 Å². The first kappa shape index (κ1) is 11.9. The summed E-state index contributed by atoms with van der Waals surface area (Å²) in [6, 6.07) is 8.01. The van der Waals surface area contributed by atoms with Crippen molar-refractivity contribution in [2.24, 2.45) is 7.05 Å². The van der Waals surface area contributed by atoms with E-state index in [0.717, 1.165) is 24.3 Å². The Bertz CT molecular complexity index is 605. The summed E-state index contributed by atoms with van der Waals surface area (Å²) in [6.45, 7) is 2.25. The predicted octanol–water partition coefficient (Wildman–Crippen LogP) is 1.17. The molecule has 0 saturated heterocycles. The molecule has 3 rings (SSSR count). The Labute approximate surface area is 111 Å². The van der Waals surface area contributed by atoms with Gasteiger partial charge in [0.15, 0.2) is 0 Å². The molecular weight excluding hydrogens is 240 g/mol. The molecule has 0 radical (unpaired) electrons. The minimum atomic E-state index is -0.00356. The quantitative estimate of drug-likeness (QED) is 0.833. The highest BCUT2D eigenvalue weighted by Gasteiger charge is 2.23. The number of aryl methyl sites for hydroxylation is 1. The summed E-state index contributed by atoms with van der Waals surface area (Å²) >= 11 is 0. The molecule has 0 saturated carbocycles. The number of benzene rings is 1. The number of fused-ring (bicyclic) bond motifs is 1. The number of nitrogens with one attached hydrogen (secondary N) is 1. The first-order valence-electron chi connectivity index (χ1n) is 6.34. The largest absolute Gasteiger partial charge is 0.330 e. The molecule has 1 aliphatic rings. The summed E-state index contributed by atoms with van der Waals surface area (Å²) in [7, 11) is 1.84. The molecule has 2 heterocycles. The first-order chi connectivity index (χ1) is 9.27. The van der Waals surface area contributed by atoms with Crippen LogP contribution >= 0.6 is 0 Å². The molecule has 98 valence electrons. The smallest absolute Gasteiger partial charge is 0.276 e. The number of amides is 1. The zero-order chi connectivity index (χ0) is 13.2. The number of carbonyl (C=O) groups excluding carboxylic acids is 1. The van der Waals surface area contributed by atoms with E-state index in [-0.39, 0.29) is 5.91 Å². The van der Waals surface area contributed by atoms with Crippen LogP contribution in [0.4, 0.5) is 5.69 Å². The first-order valence-corrected chi connectivity index (χ1v) is 6.34. The van der Waals surface area contributed by atoms with E-state index in [0.29, 0.717) is 12.2 Å². The molecule has 2 aromatic rings. The average molecular weight is 256 g/mol. The number of rotatable bonds is 1. The SMILES string of the molecule is Cn1cncc1C(=O)N1CCNCc2ccccc21. The zero-order valence-electron chi connectivity index (χ0n) is 10.8. The molecule has 0 bridgehead atoms. The molecule has 0 aliphatic carbocycles. The van der Waals surface area contributed by atoms with Crippen molar-refractivity contribution in [2.45, 2.75) is 6.54 Å². The van der Waals surface area contributed by atoms with Gasteiger partial charge in [0, 0.05) is 32.4 Å². The second-order valence-electron chi connectivity index (χ2n) is 4.65. The van der Waals surface area contributed by atoms with Gasteiger partial charge in [-0.1, -0.05) is 18.2 Å². The van der Waals surface area contributed by atoms with Gasteiger partial charge in [0.25, 0.3) is 5.91 Å². The van der Waals surface area contributed by atoms with Crippen LogP contribution in [0.15, 0.2) is 36.8 Å². The summed E-state index contributed by atoms with van der Waals surface area (Å²) in [4.78, 5) is 18.5. The van der Waals surface area contributed by atoms with Crippen LogP contribution in [-0.2, 0) is 13.6 Å². The number of nitrogens with zero attached hydrogens (tertiary/aromatic N) is 3. The number of imidazole rings is 1. The lowest BCUT2D eigenvalue weighted by Crippen LogP contribution is -2.35. The van der Waals surface area contributed by atoms with Crippen LogP contribution in [-0.4, -0.2) is 28.5 Å². The van der Waals surface area contributed by atoms with Gasteiger partial charge in [-0.2, -0.15) is 0 Å². The normalized spacial score (nSPS) is 14.9. The molecular formula is C14H16N4O. The summed E-state index contributed by atoms with van der Waals surface area (Å²) in [6.07, 6.45) is 3.26. The van der Waals surface area contributed by atoms with E-state index in [1.807, 2.05) is 30.1 Å². The van der Waals surface area contributed by atoms with Gasteiger partial charge in [-0.25, -0.2) is 4.98 Å². The Morgan fingerprint density at radius 2 is 2.21 bits per heavy atom.